The van der Waals surface area contributed by atoms with Gasteiger partial charge in [0.15, 0.2) is 5.13 Å². The number of rotatable bonds is 6. The maximum Gasteiger partial charge on any atom is 0.263 e. The highest BCUT2D eigenvalue weighted by Gasteiger charge is 2.24. The largest absolute Gasteiger partial charge is 0.497 e. The second-order valence-corrected chi connectivity index (χ2v) is 8.94. The number of anilines is 1. The average Bonchev–Trinajstić information content (AvgIpc) is 3.38. The Morgan fingerprint density at radius 3 is 2.59 bits per heavy atom. The van der Waals surface area contributed by atoms with Crippen LogP contribution in [0.25, 0.3) is 10.2 Å². The summed E-state index contributed by atoms with van der Waals surface area (Å²) in [5.74, 6) is 0.458. The number of sulfonamides is 1. The molecule has 1 aromatic heterocycles. The highest BCUT2D eigenvalue weighted by atomic mass is 32.2. The first kappa shape index (κ1) is 17.7. The lowest BCUT2D eigenvalue weighted by molar-refractivity contribution is 0.0951. The molecule has 0 bridgehead atoms. The Bertz CT molecular complexity index is 1100. The van der Waals surface area contributed by atoms with Crippen LogP contribution in [0, 0.1) is 0 Å². The molecule has 1 amide bonds. The van der Waals surface area contributed by atoms with Crippen LogP contribution in [0.5, 0.6) is 5.75 Å². The zero-order valence-electron chi connectivity index (χ0n) is 14.4. The molecule has 4 rings (SSSR count). The van der Waals surface area contributed by atoms with Crippen molar-refractivity contribution in [1.82, 2.24) is 10.3 Å². The van der Waals surface area contributed by atoms with Crippen LogP contribution >= 0.6 is 11.3 Å². The smallest absolute Gasteiger partial charge is 0.263 e. The van der Waals surface area contributed by atoms with E-state index >= 15 is 0 Å². The number of nitrogens with one attached hydrogen (secondary N) is 2. The normalized spacial score (nSPS) is 14.1. The number of hydrogen-bond donors (Lipinski definition) is 2. The summed E-state index contributed by atoms with van der Waals surface area (Å²) in [6, 6.07) is 11.5. The standard InChI is InChI=1S/C18H17N3O4S2/c1-25-13-5-7-14(8-6-13)27(23,24)21-18-20-15-9-2-11(10-16(15)26-18)17(22)19-12-3-4-12/h2,5-10,12H,3-4H2,1H3,(H,19,22)(H,20,21). The van der Waals surface area contributed by atoms with Crippen molar-refractivity contribution in [2.24, 2.45) is 0 Å². The van der Waals surface area contributed by atoms with E-state index in [1.165, 1.54) is 30.6 Å². The van der Waals surface area contributed by atoms with Gasteiger partial charge in [-0.1, -0.05) is 11.3 Å². The van der Waals surface area contributed by atoms with Crippen LogP contribution < -0.4 is 14.8 Å². The van der Waals surface area contributed by atoms with E-state index in [0.717, 1.165) is 17.5 Å². The fraction of sp³-hybridized carbons (Fsp3) is 0.222. The van der Waals surface area contributed by atoms with Crippen molar-refractivity contribution in [2.75, 3.05) is 11.8 Å². The van der Waals surface area contributed by atoms with Gasteiger partial charge in [-0.2, -0.15) is 0 Å². The minimum Gasteiger partial charge on any atom is -0.497 e. The van der Waals surface area contributed by atoms with Crippen LogP contribution in [0.4, 0.5) is 5.13 Å². The van der Waals surface area contributed by atoms with Gasteiger partial charge in [0.2, 0.25) is 0 Å². The highest BCUT2D eigenvalue weighted by molar-refractivity contribution is 7.93. The number of hydrogen-bond acceptors (Lipinski definition) is 6. The second-order valence-electron chi connectivity index (χ2n) is 6.23. The van der Waals surface area contributed by atoms with Crippen LogP contribution in [-0.2, 0) is 10.0 Å². The minimum absolute atomic E-state index is 0.117. The molecule has 9 heteroatoms. The van der Waals surface area contributed by atoms with Gasteiger partial charge in [-0.15, -0.1) is 0 Å². The first-order chi connectivity index (χ1) is 12.9. The van der Waals surface area contributed by atoms with Crippen molar-refractivity contribution in [3.05, 3.63) is 48.0 Å². The van der Waals surface area contributed by atoms with Gasteiger partial charge in [-0.05, 0) is 55.3 Å². The van der Waals surface area contributed by atoms with E-state index in [4.69, 9.17) is 4.74 Å². The van der Waals surface area contributed by atoms with Crippen molar-refractivity contribution >= 4 is 42.6 Å². The van der Waals surface area contributed by atoms with E-state index in [1.807, 2.05) is 0 Å². The second kappa shape index (κ2) is 6.82. The van der Waals surface area contributed by atoms with E-state index in [1.54, 1.807) is 30.3 Å². The molecule has 0 atom stereocenters. The number of amides is 1. The van der Waals surface area contributed by atoms with E-state index in [2.05, 4.69) is 15.0 Å². The van der Waals surface area contributed by atoms with Crippen LogP contribution in [0.2, 0.25) is 0 Å². The molecule has 1 fully saturated rings. The highest BCUT2D eigenvalue weighted by Crippen LogP contribution is 2.29. The number of benzene rings is 2. The summed E-state index contributed by atoms with van der Waals surface area (Å²) in [4.78, 5) is 16.6. The molecule has 1 aliphatic carbocycles. The summed E-state index contributed by atoms with van der Waals surface area (Å²) in [5.41, 5.74) is 1.18. The molecule has 7 nitrogen and oxygen atoms in total. The lowest BCUT2D eigenvalue weighted by Gasteiger charge is -2.05. The number of carbonyl (C=O) groups is 1. The van der Waals surface area contributed by atoms with Gasteiger partial charge in [-0.25, -0.2) is 13.4 Å². The summed E-state index contributed by atoms with van der Waals surface area (Å²) in [7, 11) is -2.24. The molecule has 1 aliphatic rings. The van der Waals surface area contributed by atoms with Gasteiger partial charge in [0, 0.05) is 11.6 Å². The molecule has 1 heterocycles. The summed E-state index contributed by atoms with van der Waals surface area (Å²) < 4.78 is 33.3. The van der Waals surface area contributed by atoms with Crippen molar-refractivity contribution < 1.29 is 17.9 Å². The lowest BCUT2D eigenvalue weighted by atomic mass is 10.2. The van der Waals surface area contributed by atoms with Gasteiger partial charge in [0.1, 0.15) is 5.75 Å². The van der Waals surface area contributed by atoms with Crippen molar-refractivity contribution in [3.63, 3.8) is 0 Å². The molecule has 3 aromatic rings. The number of aromatic nitrogens is 1. The number of fused-ring (bicyclic) bond motifs is 1. The van der Waals surface area contributed by atoms with E-state index in [0.29, 0.717) is 16.8 Å². The van der Waals surface area contributed by atoms with Crippen molar-refractivity contribution in [3.8, 4) is 5.75 Å². The summed E-state index contributed by atoms with van der Waals surface area (Å²) >= 11 is 1.19. The Hall–Kier alpha value is -2.65. The van der Waals surface area contributed by atoms with Gasteiger partial charge in [0.05, 0.1) is 22.2 Å². The van der Waals surface area contributed by atoms with Gasteiger partial charge in [-0.3, -0.25) is 9.52 Å². The molecular weight excluding hydrogens is 386 g/mol. The third-order valence-electron chi connectivity index (χ3n) is 4.15. The van der Waals surface area contributed by atoms with Gasteiger partial charge in [0.25, 0.3) is 15.9 Å². The molecule has 0 radical (unpaired) electrons. The van der Waals surface area contributed by atoms with E-state index in [-0.39, 0.29) is 22.0 Å². The topological polar surface area (TPSA) is 97.4 Å². The summed E-state index contributed by atoms with van der Waals surface area (Å²) in [5, 5.41) is 3.18. The lowest BCUT2D eigenvalue weighted by Crippen LogP contribution is -2.25. The average molecular weight is 403 g/mol. The first-order valence-electron chi connectivity index (χ1n) is 8.33. The first-order valence-corrected chi connectivity index (χ1v) is 10.6. The fourth-order valence-corrected chi connectivity index (χ4v) is 4.67. The maximum absolute atomic E-state index is 12.5. The monoisotopic (exact) mass is 403 g/mol. The summed E-state index contributed by atoms with van der Waals surface area (Å²) in [6.07, 6.45) is 2.04. The van der Waals surface area contributed by atoms with Crippen LogP contribution in [-0.4, -0.2) is 32.5 Å². The predicted molar refractivity (Wildman–Crippen MR) is 104 cm³/mol. The minimum atomic E-state index is -3.76. The predicted octanol–water partition coefficient (Wildman–Crippen LogP) is 3.00. The number of thiazole rings is 1. The molecular formula is C18H17N3O4S2. The Kier molecular flexibility index (Phi) is 4.48. The van der Waals surface area contributed by atoms with Crippen LogP contribution in [0.1, 0.15) is 23.2 Å². The van der Waals surface area contributed by atoms with Crippen molar-refractivity contribution in [2.45, 2.75) is 23.8 Å². The van der Waals surface area contributed by atoms with Crippen molar-refractivity contribution in [1.29, 1.82) is 0 Å². The zero-order chi connectivity index (χ0) is 19.0. The molecule has 0 saturated heterocycles. The third kappa shape index (κ3) is 3.88. The SMILES string of the molecule is COc1ccc(S(=O)(=O)Nc2nc3ccc(C(=O)NC4CC4)cc3s2)cc1. The summed E-state index contributed by atoms with van der Waals surface area (Å²) in [6.45, 7) is 0. The van der Waals surface area contributed by atoms with Crippen LogP contribution in [0.15, 0.2) is 47.4 Å². The molecule has 140 valence electrons. The quantitative estimate of drug-likeness (QED) is 0.659. The Morgan fingerprint density at radius 1 is 1.19 bits per heavy atom. The number of methoxy groups -OCH3 is 1. The number of ether oxygens (including phenoxy) is 1. The Balaban J connectivity index is 1.56. The molecule has 0 spiro atoms. The Labute approximate surface area is 160 Å². The molecule has 0 unspecified atom stereocenters. The van der Waals surface area contributed by atoms with Crippen LogP contribution in [0.3, 0.4) is 0 Å². The number of nitrogens with zero attached hydrogens (tertiary/aromatic N) is 1. The molecule has 0 aliphatic heterocycles. The zero-order valence-corrected chi connectivity index (χ0v) is 16.1. The Morgan fingerprint density at radius 2 is 1.93 bits per heavy atom. The number of carbonyl (C=O) groups excluding carboxylic acids is 1. The third-order valence-corrected chi connectivity index (χ3v) is 6.57. The molecule has 2 N–H and O–H groups in total. The molecule has 27 heavy (non-hydrogen) atoms. The molecule has 2 aromatic carbocycles. The fourth-order valence-electron chi connectivity index (χ4n) is 2.53. The van der Waals surface area contributed by atoms with Gasteiger partial charge < -0.3 is 10.1 Å². The molecule has 1 saturated carbocycles. The van der Waals surface area contributed by atoms with Gasteiger partial charge >= 0.3 is 0 Å². The van der Waals surface area contributed by atoms with E-state index in [9.17, 15) is 13.2 Å². The maximum atomic E-state index is 12.5. The van der Waals surface area contributed by atoms with E-state index < -0.39 is 10.0 Å².